The maximum Gasteiger partial charge on any atom is 0.387 e. The molecule has 0 aliphatic carbocycles. The zero-order chi connectivity index (χ0) is 17.7. The monoisotopic (exact) mass is 356 g/mol. The highest BCUT2D eigenvalue weighted by Gasteiger charge is 2.09. The Bertz CT molecular complexity index is 806. The molecule has 0 aliphatic rings. The molecule has 0 bridgehead atoms. The van der Waals surface area contributed by atoms with Gasteiger partial charge in [-0.1, -0.05) is 0 Å². The van der Waals surface area contributed by atoms with Crippen LogP contribution in [0.2, 0.25) is 0 Å². The fourth-order valence-electron chi connectivity index (χ4n) is 1.83. The highest BCUT2D eigenvalue weighted by Crippen LogP contribution is 2.18. The van der Waals surface area contributed by atoms with E-state index in [9.17, 15) is 22.0 Å². The van der Waals surface area contributed by atoms with Gasteiger partial charge in [-0.3, -0.25) is 9.52 Å². The van der Waals surface area contributed by atoms with Crippen molar-refractivity contribution in [2.24, 2.45) is 0 Å². The van der Waals surface area contributed by atoms with Crippen molar-refractivity contribution in [3.8, 4) is 5.75 Å². The van der Waals surface area contributed by atoms with Gasteiger partial charge in [-0.25, -0.2) is 8.42 Å². The van der Waals surface area contributed by atoms with E-state index in [0.717, 1.165) is 6.26 Å². The van der Waals surface area contributed by atoms with Gasteiger partial charge in [0.25, 0.3) is 5.91 Å². The number of alkyl halides is 2. The van der Waals surface area contributed by atoms with Crippen molar-refractivity contribution in [3.63, 3.8) is 0 Å². The molecule has 2 N–H and O–H groups in total. The Morgan fingerprint density at radius 3 is 2.04 bits per heavy atom. The standard InChI is InChI=1S/C15H14F2N2O4S/c1-24(21,22)19-12-6-4-11(5-7-12)18-14(20)10-2-8-13(9-3-10)23-15(16)17/h2-9,15,19H,1H3,(H,18,20). The predicted octanol–water partition coefficient (Wildman–Crippen LogP) is 2.91. The molecule has 0 fully saturated rings. The third-order valence-corrected chi connectivity index (χ3v) is 3.39. The number of carbonyl (C=O) groups is 1. The maximum absolute atomic E-state index is 12.1. The maximum atomic E-state index is 12.1. The van der Waals surface area contributed by atoms with Crippen LogP contribution in [0.4, 0.5) is 20.2 Å². The van der Waals surface area contributed by atoms with Gasteiger partial charge in [0.05, 0.1) is 6.26 Å². The topological polar surface area (TPSA) is 84.5 Å². The second-order valence-electron chi connectivity index (χ2n) is 4.81. The van der Waals surface area contributed by atoms with Gasteiger partial charge in [-0.15, -0.1) is 0 Å². The van der Waals surface area contributed by atoms with Gasteiger partial charge in [0.2, 0.25) is 10.0 Å². The first-order chi connectivity index (χ1) is 11.2. The molecule has 0 radical (unpaired) electrons. The summed E-state index contributed by atoms with van der Waals surface area (Å²) in [6, 6.07) is 11.3. The quantitative estimate of drug-likeness (QED) is 0.833. The van der Waals surface area contributed by atoms with Crippen molar-refractivity contribution in [3.05, 3.63) is 54.1 Å². The van der Waals surface area contributed by atoms with E-state index < -0.39 is 22.5 Å². The summed E-state index contributed by atoms with van der Waals surface area (Å²) >= 11 is 0. The van der Waals surface area contributed by atoms with E-state index in [4.69, 9.17) is 0 Å². The van der Waals surface area contributed by atoms with E-state index in [1.54, 1.807) is 0 Å². The number of hydrogen-bond acceptors (Lipinski definition) is 4. The van der Waals surface area contributed by atoms with Gasteiger partial charge in [0, 0.05) is 16.9 Å². The minimum atomic E-state index is -3.37. The van der Waals surface area contributed by atoms with Crippen LogP contribution in [-0.4, -0.2) is 27.2 Å². The average molecular weight is 356 g/mol. The molecule has 9 heteroatoms. The molecule has 0 unspecified atom stereocenters. The number of benzene rings is 2. The molecule has 128 valence electrons. The van der Waals surface area contributed by atoms with Crippen LogP contribution in [0.5, 0.6) is 5.75 Å². The van der Waals surface area contributed by atoms with Crippen LogP contribution in [0, 0.1) is 0 Å². The summed E-state index contributed by atoms with van der Waals surface area (Å²) in [4.78, 5) is 12.0. The number of amides is 1. The van der Waals surface area contributed by atoms with Crippen LogP contribution in [0.15, 0.2) is 48.5 Å². The first-order valence-electron chi connectivity index (χ1n) is 6.67. The lowest BCUT2D eigenvalue weighted by Gasteiger charge is -2.08. The third-order valence-electron chi connectivity index (χ3n) is 2.79. The zero-order valence-corrected chi connectivity index (χ0v) is 13.3. The van der Waals surface area contributed by atoms with Gasteiger partial charge >= 0.3 is 6.61 Å². The van der Waals surface area contributed by atoms with Crippen molar-refractivity contribution < 1.29 is 26.7 Å². The molecule has 6 nitrogen and oxygen atoms in total. The summed E-state index contributed by atoms with van der Waals surface area (Å²) in [5.74, 6) is -0.486. The van der Waals surface area contributed by atoms with E-state index in [1.165, 1.54) is 48.5 Å². The number of rotatable bonds is 6. The average Bonchev–Trinajstić information content (AvgIpc) is 2.48. The second kappa shape index (κ2) is 7.26. The Morgan fingerprint density at radius 2 is 1.54 bits per heavy atom. The smallest absolute Gasteiger partial charge is 0.387 e. The molecule has 0 atom stereocenters. The molecule has 2 aromatic rings. The molecule has 0 aromatic heterocycles. The molecule has 24 heavy (non-hydrogen) atoms. The van der Waals surface area contributed by atoms with Crippen molar-refractivity contribution in [1.29, 1.82) is 0 Å². The fourth-order valence-corrected chi connectivity index (χ4v) is 2.39. The molecular formula is C15H14F2N2O4S. The van der Waals surface area contributed by atoms with Crippen LogP contribution in [-0.2, 0) is 10.0 Å². The van der Waals surface area contributed by atoms with Gasteiger partial charge in [0.1, 0.15) is 5.75 Å². The lowest BCUT2D eigenvalue weighted by molar-refractivity contribution is -0.0498. The van der Waals surface area contributed by atoms with Crippen LogP contribution in [0.1, 0.15) is 10.4 Å². The highest BCUT2D eigenvalue weighted by atomic mass is 32.2. The first kappa shape index (κ1) is 17.7. The number of carbonyl (C=O) groups excluding carboxylic acids is 1. The van der Waals surface area contributed by atoms with Crippen LogP contribution in [0.3, 0.4) is 0 Å². The lowest BCUT2D eigenvalue weighted by atomic mass is 10.2. The summed E-state index contributed by atoms with van der Waals surface area (Å²) in [6.45, 7) is -2.93. The van der Waals surface area contributed by atoms with Gasteiger partial charge in [-0.05, 0) is 48.5 Å². The first-order valence-corrected chi connectivity index (χ1v) is 8.56. The van der Waals surface area contributed by atoms with Gasteiger partial charge in [0.15, 0.2) is 0 Å². The van der Waals surface area contributed by atoms with Crippen molar-refractivity contribution >= 4 is 27.3 Å². The van der Waals surface area contributed by atoms with Crippen molar-refractivity contribution in [2.45, 2.75) is 6.61 Å². The third kappa shape index (κ3) is 5.51. The minimum absolute atomic E-state index is 0.0437. The molecule has 1 amide bonds. The molecule has 0 spiro atoms. The molecule has 0 saturated heterocycles. The van der Waals surface area contributed by atoms with Crippen molar-refractivity contribution in [1.82, 2.24) is 0 Å². The Balaban J connectivity index is 2.01. The van der Waals surface area contributed by atoms with E-state index >= 15 is 0 Å². The van der Waals surface area contributed by atoms with E-state index in [2.05, 4.69) is 14.8 Å². The Morgan fingerprint density at radius 1 is 1.00 bits per heavy atom. The molecule has 0 aliphatic heterocycles. The zero-order valence-electron chi connectivity index (χ0n) is 12.5. The molecule has 2 aromatic carbocycles. The van der Waals surface area contributed by atoms with Crippen molar-refractivity contribution in [2.75, 3.05) is 16.3 Å². The Labute approximate surface area is 137 Å². The summed E-state index contributed by atoms with van der Waals surface area (Å²) in [5, 5.41) is 2.60. The SMILES string of the molecule is CS(=O)(=O)Nc1ccc(NC(=O)c2ccc(OC(F)F)cc2)cc1. The predicted molar refractivity (Wildman–Crippen MR) is 85.9 cm³/mol. The Kier molecular flexibility index (Phi) is 5.35. The number of halogens is 2. The summed E-state index contributed by atoms with van der Waals surface area (Å²) < 4.78 is 52.8. The number of hydrogen-bond donors (Lipinski definition) is 2. The van der Waals surface area contributed by atoms with E-state index in [1.807, 2.05) is 0 Å². The van der Waals surface area contributed by atoms with Gasteiger partial charge < -0.3 is 10.1 Å². The molecular weight excluding hydrogens is 342 g/mol. The Hall–Kier alpha value is -2.68. The molecule has 0 heterocycles. The largest absolute Gasteiger partial charge is 0.435 e. The number of sulfonamides is 1. The molecule has 2 rings (SSSR count). The van der Waals surface area contributed by atoms with Crippen LogP contribution >= 0.6 is 0 Å². The normalized spacial score (nSPS) is 11.2. The van der Waals surface area contributed by atoms with E-state index in [0.29, 0.717) is 11.4 Å². The number of ether oxygens (including phenoxy) is 1. The lowest BCUT2D eigenvalue weighted by Crippen LogP contribution is -2.12. The van der Waals surface area contributed by atoms with E-state index in [-0.39, 0.29) is 11.3 Å². The van der Waals surface area contributed by atoms with Crippen LogP contribution < -0.4 is 14.8 Å². The summed E-state index contributed by atoms with van der Waals surface area (Å²) in [7, 11) is -3.37. The second-order valence-corrected chi connectivity index (χ2v) is 6.56. The highest BCUT2D eigenvalue weighted by molar-refractivity contribution is 7.92. The fraction of sp³-hybridized carbons (Fsp3) is 0.133. The number of anilines is 2. The summed E-state index contributed by atoms with van der Waals surface area (Å²) in [5.41, 5.74) is 1.07. The number of nitrogens with one attached hydrogen (secondary N) is 2. The van der Waals surface area contributed by atoms with Crippen LogP contribution in [0.25, 0.3) is 0 Å². The van der Waals surface area contributed by atoms with Gasteiger partial charge in [-0.2, -0.15) is 8.78 Å². The summed E-state index contributed by atoms with van der Waals surface area (Å²) in [6.07, 6.45) is 1.03. The molecule has 0 saturated carbocycles. The minimum Gasteiger partial charge on any atom is -0.435 e.